The summed E-state index contributed by atoms with van der Waals surface area (Å²) in [4.78, 5) is 11.7. The highest BCUT2D eigenvalue weighted by atomic mass is 35.5. The molecule has 2 N–H and O–H groups in total. The molecule has 0 aliphatic heterocycles. The van der Waals surface area contributed by atoms with Gasteiger partial charge in [0.2, 0.25) is 0 Å². The Morgan fingerprint density at radius 3 is 2.67 bits per heavy atom. The number of phenolic OH excluding ortho intramolecular Hbond substituents is 1. The van der Waals surface area contributed by atoms with Crippen molar-refractivity contribution < 1.29 is 10.0 Å². The number of phenols is 1. The molecule has 6 heteroatoms. The van der Waals surface area contributed by atoms with Crippen LogP contribution in [-0.2, 0) is 0 Å². The molecular weight excluding hydrogens is 184 g/mol. The number of nitro benzene ring substituents is 1. The van der Waals surface area contributed by atoms with Crippen LogP contribution >= 0.6 is 11.8 Å². The van der Waals surface area contributed by atoms with Gasteiger partial charge < -0.3 is 5.11 Å². The molecular formula is C6H5ClN2O3. The number of halogens is 1. The van der Waals surface area contributed by atoms with E-state index in [1.165, 1.54) is 18.2 Å². The number of anilines is 1. The fraction of sp³-hybridized carbons (Fsp3) is 0. The van der Waals surface area contributed by atoms with Gasteiger partial charge in [0.15, 0.2) is 5.69 Å². The number of rotatable bonds is 2. The number of nitrogens with one attached hydrogen (secondary N) is 1. The van der Waals surface area contributed by atoms with Gasteiger partial charge in [0, 0.05) is 17.8 Å². The van der Waals surface area contributed by atoms with E-state index in [2.05, 4.69) is 0 Å². The van der Waals surface area contributed by atoms with Crippen molar-refractivity contribution in [3.8, 4) is 5.75 Å². The Bertz CT molecular complexity index is 316. The van der Waals surface area contributed by atoms with Crippen molar-refractivity contribution in [1.29, 1.82) is 0 Å². The van der Waals surface area contributed by atoms with Crippen LogP contribution in [0.25, 0.3) is 0 Å². The van der Waals surface area contributed by atoms with Crippen LogP contribution in [0.1, 0.15) is 0 Å². The predicted molar refractivity (Wildman–Crippen MR) is 44.2 cm³/mol. The molecule has 0 unspecified atom stereocenters. The molecule has 0 heterocycles. The molecule has 1 rings (SSSR count). The second-order valence-corrected chi connectivity index (χ2v) is 2.21. The van der Waals surface area contributed by atoms with E-state index in [-0.39, 0.29) is 17.1 Å². The van der Waals surface area contributed by atoms with Crippen LogP contribution in [0.15, 0.2) is 18.2 Å². The molecule has 0 fully saturated rings. The maximum atomic E-state index is 10.3. The van der Waals surface area contributed by atoms with E-state index < -0.39 is 4.92 Å². The Morgan fingerprint density at radius 2 is 2.25 bits per heavy atom. The zero-order valence-corrected chi connectivity index (χ0v) is 6.58. The highest BCUT2D eigenvalue weighted by molar-refractivity contribution is 6.25. The first-order valence-electron chi connectivity index (χ1n) is 3.00. The lowest BCUT2D eigenvalue weighted by atomic mass is 10.2. The number of hydrogen-bond acceptors (Lipinski definition) is 4. The number of nitro groups is 1. The van der Waals surface area contributed by atoms with E-state index in [1.807, 2.05) is 4.84 Å². The second kappa shape index (κ2) is 3.27. The predicted octanol–water partition coefficient (Wildman–Crippen LogP) is 1.87. The van der Waals surface area contributed by atoms with Crippen LogP contribution < -0.4 is 4.84 Å². The number of para-hydroxylation sites is 1. The summed E-state index contributed by atoms with van der Waals surface area (Å²) in [7, 11) is 0. The van der Waals surface area contributed by atoms with Gasteiger partial charge in [0.25, 0.3) is 5.69 Å². The maximum Gasteiger partial charge on any atom is 0.297 e. The van der Waals surface area contributed by atoms with Gasteiger partial charge in [-0.1, -0.05) is 6.07 Å². The molecule has 12 heavy (non-hydrogen) atoms. The van der Waals surface area contributed by atoms with Crippen LogP contribution in [0.4, 0.5) is 11.4 Å². The topological polar surface area (TPSA) is 75.4 Å². The van der Waals surface area contributed by atoms with Gasteiger partial charge in [-0.05, 0) is 6.07 Å². The average Bonchev–Trinajstić information content (AvgIpc) is 2.03. The fourth-order valence-electron chi connectivity index (χ4n) is 0.777. The summed E-state index contributed by atoms with van der Waals surface area (Å²) in [5, 5.41) is 19.4. The van der Waals surface area contributed by atoms with Crippen molar-refractivity contribution in [2.75, 3.05) is 4.84 Å². The summed E-state index contributed by atoms with van der Waals surface area (Å²) in [6.45, 7) is 0. The molecule has 0 spiro atoms. The lowest BCUT2D eigenvalue weighted by molar-refractivity contribution is -0.383. The van der Waals surface area contributed by atoms with Crippen LogP contribution in [0.5, 0.6) is 5.75 Å². The number of benzene rings is 1. The molecule has 0 aliphatic carbocycles. The minimum atomic E-state index is -0.634. The molecule has 0 saturated heterocycles. The third-order valence-electron chi connectivity index (χ3n) is 1.31. The van der Waals surface area contributed by atoms with E-state index in [1.54, 1.807) is 0 Å². The van der Waals surface area contributed by atoms with Gasteiger partial charge in [-0.3, -0.25) is 15.0 Å². The molecule has 0 aromatic heterocycles. The third kappa shape index (κ3) is 1.40. The minimum absolute atomic E-state index is 0.0934. The van der Waals surface area contributed by atoms with E-state index in [0.717, 1.165) is 0 Å². The normalized spacial score (nSPS) is 9.42. The van der Waals surface area contributed by atoms with Gasteiger partial charge in [-0.15, -0.1) is 0 Å². The van der Waals surface area contributed by atoms with Gasteiger partial charge in [0.05, 0.1) is 4.92 Å². The van der Waals surface area contributed by atoms with Gasteiger partial charge in [0.1, 0.15) is 5.75 Å². The van der Waals surface area contributed by atoms with Gasteiger partial charge in [-0.25, -0.2) is 0 Å². The van der Waals surface area contributed by atoms with E-state index in [0.29, 0.717) is 0 Å². The van der Waals surface area contributed by atoms with Crippen LogP contribution in [0, 0.1) is 10.1 Å². The van der Waals surface area contributed by atoms with Crippen molar-refractivity contribution in [2.45, 2.75) is 0 Å². The molecule has 0 bridgehead atoms. The number of hydrogen-bond donors (Lipinski definition) is 2. The summed E-state index contributed by atoms with van der Waals surface area (Å²) in [5.41, 5.74) is -0.353. The molecule has 1 aromatic rings. The Balaban J connectivity index is 3.27. The van der Waals surface area contributed by atoms with Crippen LogP contribution in [-0.4, -0.2) is 10.0 Å². The van der Waals surface area contributed by atoms with Gasteiger partial charge >= 0.3 is 0 Å². The Labute approximate surface area is 72.8 Å². The zero-order chi connectivity index (χ0) is 9.14. The SMILES string of the molecule is O=[N+]([O-])c1cccc(O)c1NCl. The first-order chi connectivity index (χ1) is 5.66. The lowest BCUT2D eigenvalue weighted by Gasteiger charge is -2.01. The first-order valence-corrected chi connectivity index (χ1v) is 3.37. The zero-order valence-electron chi connectivity index (χ0n) is 5.82. The molecule has 64 valence electrons. The van der Waals surface area contributed by atoms with Crippen LogP contribution in [0.2, 0.25) is 0 Å². The van der Waals surface area contributed by atoms with Crippen molar-refractivity contribution in [3.63, 3.8) is 0 Å². The van der Waals surface area contributed by atoms with E-state index in [9.17, 15) is 10.1 Å². The van der Waals surface area contributed by atoms with E-state index in [4.69, 9.17) is 16.9 Å². The smallest absolute Gasteiger partial charge is 0.297 e. The van der Waals surface area contributed by atoms with Crippen molar-refractivity contribution in [3.05, 3.63) is 28.3 Å². The van der Waals surface area contributed by atoms with E-state index >= 15 is 0 Å². The molecule has 0 saturated carbocycles. The maximum absolute atomic E-state index is 10.3. The quantitative estimate of drug-likeness (QED) is 0.322. The second-order valence-electron chi connectivity index (χ2n) is 2.02. The van der Waals surface area contributed by atoms with Crippen molar-refractivity contribution >= 4 is 23.2 Å². The average molecular weight is 189 g/mol. The molecule has 1 aromatic carbocycles. The van der Waals surface area contributed by atoms with Crippen molar-refractivity contribution in [2.24, 2.45) is 0 Å². The molecule has 0 radical (unpaired) electrons. The van der Waals surface area contributed by atoms with Crippen LogP contribution in [0.3, 0.4) is 0 Å². The summed E-state index contributed by atoms with van der Waals surface area (Å²) < 4.78 is 0. The fourth-order valence-corrected chi connectivity index (χ4v) is 0.971. The highest BCUT2D eigenvalue weighted by Crippen LogP contribution is 2.33. The van der Waals surface area contributed by atoms with Gasteiger partial charge in [-0.2, -0.15) is 0 Å². The first kappa shape index (κ1) is 8.61. The Morgan fingerprint density at radius 1 is 1.58 bits per heavy atom. The largest absolute Gasteiger partial charge is 0.505 e. The summed E-state index contributed by atoms with van der Waals surface area (Å²) in [5.74, 6) is -0.251. The molecule has 5 nitrogen and oxygen atoms in total. The third-order valence-corrected chi connectivity index (χ3v) is 1.50. The van der Waals surface area contributed by atoms with Crippen molar-refractivity contribution in [1.82, 2.24) is 0 Å². The summed E-state index contributed by atoms with van der Waals surface area (Å²) in [6, 6.07) is 3.91. The minimum Gasteiger partial charge on any atom is -0.505 e. The number of aromatic hydroxyl groups is 1. The summed E-state index contributed by atoms with van der Waals surface area (Å²) >= 11 is 5.17. The summed E-state index contributed by atoms with van der Waals surface area (Å²) in [6.07, 6.45) is 0. The lowest BCUT2D eigenvalue weighted by Crippen LogP contribution is -1.92. The monoisotopic (exact) mass is 188 g/mol. The molecule has 0 atom stereocenters. The standard InChI is InChI=1S/C6H5ClN2O3/c7-8-6-4(9(11)12)2-1-3-5(6)10/h1-3,8,10H. The Hall–Kier alpha value is -1.49. The number of nitrogens with zero attached hydrogens (tertiary/aromatic N) is 1. The highest BCUT2D eigenvalue weighted by Gasteiger charge is 2.15. The molecule has 0 aliphatic rings. The molecule has 0 amide bonds. The Kier molecular flexibility index (Phi) is 2.35.